The molecule has 4 rings (SSSR count). The number of anilines is 1. The van der Waals surface area contributed by atoms with E-state index < -0.39 is 0 Å². The summed E-state index contributed by atoms with van der Waals surface area (Å²) in [5, 5.41) is 0. The fraction of sp³-hybridized carbons (Fsp3) is 0.333. The van der Waals surface area contributed by atoms with Gasteiger partial charge in [-0.05, 0) is 53.3 Å². The van der Waals surface area contributed by atoms with E-state index >= 15 is 0 Å². The van der Waals surface area contributed by atoms with E-state index in [2.05, 4.69) is 64.7 Å². The second-order valence-electron chi connectivity index (χ2n) is 9.18. The molecule has 0 saturated carbocycles. The van der Waals surface area contributed by atoms with Crippen LogP contribution in [0.15, 0.2) is 71.9 Å². The summed E-state index contributed by atoms with van der Waals surface area (Å²) in [6.45, 7) is 11.2. The van der Waals surface area contributed by atoms with Crippen LogP contribution < -0.4 is 18.9 Å². The molecule has 9 nitrogen and oxygen atoms in total. The van der Waals surface area contributed by atoms with Crippen LogP contribution in [0.3, 0.4) is 0 Å². The first-order valence-electron chi connectivity index (χ1n) is 13.0. The Morgan fingerprint density at radius 1 is 0.800 bits per heavy atom. The molecule has 2 heterocycles. The lowest BCUT2D eigenvalue weighted by molar-refractivity contribution is 0.142. The van der Waals surface area contributed by atoms with E-state index in [-0.39, 0.29) is 23.7 Å². The minimum absolute atomic E-state index is 0.0675. The molecular formula is C30H37N5O4S. The highest BCUT2D eigenvalue weighted by Gasteiger charge is 2.22. The maximum absolute atomic E-state index is 6.30. The molecule has 0 bridgehead atoms. The molecule has 0 atom stereocenters. The molecule has 1 N–H and O–H groups in total. The van der Waals surface area contributed by atoms with Crippen LogP contribution in [0.2, 0.25) is 0 Å². The minimum atomic E-state index is 0.0675. The van der Waals surface area contributed by atoms with Crippen molar-refractivity contribution in [2.45, 2.75) is 44.9 Å². The molecule has 0 amide bonds. The number of para-hydroxylation sites is 2. The fourth-order valence-corrected chi connectivity index (χ4v) is 3.99. The summed E-state index contributed by atoms with van der Waals surface area (Å²) in [7, 11) is 3.19. The van der Waals surface area contributed by atoms with Crippen molar-refractivity contribution in [3.05, 3.63) is 72.6 Å². The van der Waals surface area contributed by atoms with Crippen LogP contribution in [0.1, 0.15) is 40.2 Å². The van der Waals surface area contributed by atoms with Gasteiger partial charge in [0.05, 0.1) is 13.7 Å². The SMILES string of the molecule is CC.COCCOc1nc(-c2ncccn2)nc(NSc2ccc(C(C)(C)C)cc2)c1Oc1ccccc1OC. The molecule has 0 radical (unpaired) electrons. The summed E-state index contributed by atoms with van der Waals surface area (Å²) >= 11 is 1.40. The average molecular weight is 564 g/mol. The molecule has 40 heavy (non-hydrogen) atoms. The van der Waals surface area contributed by atoms with Crippen molar-refractivity contribution >= 4 is 17.8 Å². The Bertz CT molecular complexity index is 1330. The van der Waals surface area contributed by atoms with Crippen molar-refractivity contribution in [3.63, 3.8) is 0 Å². The molecule has 2 aromatic heterocycles. The Hall–Kier alpha value is -3.89. The molecular weight excluding hydrogens is 526 g/mol. The largest absolute Gasteiger partial charge is 0.493 e. The quantitative estimate of drug-likeness (QED) is 0.149. The third kappa shape index (κ3) is 8.30. The zero-order valence-corrected chi connectivity index (χ0v) is 24.9. The Labute approximate surface area is 240 Å². The van der Waals surface area contributed by atoms with Crippen molar-refractivity contribution in [2.75, 3.05) is 32.2 Å². The summed E-state index contributed by atoms with van der Waals surface area (Å²) in [6, 6.07) is 17.4. The zero-order chi connectivity index (χ0) is 29.0. The number of methoxy groups -OCH3 is 2. The normalized spacial score (nSPS) is 10.8. The van der Waals surface area contributed by atoms with Gasteiger partial charge in [0.1, 0.15) is 6.61 Å². The number of aromatic nitrogens is 4. The summed E-state index contributed by atoms with van der Waals surface area (Å²) in [5.41, 5.74) is 1.32. The van der Waals surface area contributed by atoms with Gasteiger partial charge >= 0.3 is 0 Å². The van der Waals surface area contributed by atoms with E-state index in [0.29, 0.717) is 35.5 Å². The first-order chi connectivity index (χ1) is 19.4. The van der Waals surface area contributed by atoms with Gasteiger partial charge in [-0.25, -0.2) is 15.0 Å². The second-order valence-corrected chi connectivity index (χ2v) is 10.1. The van der Waals surface area contributed by atoms with Gasteiger partial charge in [-0.2, -0.15) is 4.98 Å². The van der Waals surface area contributed by atoms with E-state index in [1.165, 1.54) is 17.5 Å². The monoisotopic (exact) mass is 563 g/mol. The standard InChI is InChI=1S/C28H31N5O4S.C2H6/c1-28(2,3)19-11-13-20(14-12-19)38-33-24-23(37-22-10-7-6-9-21(22)35-5)27(36-18-17-34-4)32-26(31-24)25-29-15-8-16-30-25;1-2/h6-16H,17-18H2,1-5H3,(H,31,32,33);1-2H3. The Morgan fingerprint density at radius 3 is 2.10 bits per heavy atom. The van der Waals surface area contributed by atoms with Gasteiger partial charge in [0.25, 0.3) is 5.88 Å². The number of ether oxygens (including phenoxy) is 4. The summed E-state index contributed by atoms with van der Waals surface area (Å²) in [6.07, 6.45) is 3.27. The van der Waals surface area contributed by atoms with E-state index in [0.717, 1.165) is 4.90 Å². The van der Waals surface area contributed by atoms with E-state index in [1.807, 2.05) is 32.0 Å². The Balaban J connectivity index is 0.00000216. The number of hydrogen-bond acceptors (Lipinski definition) is 10. The summed E-state index contributed by atoms with van der Waals surface area (Å²) in [5.74, 6) is 2.60. The Kier molecular flexibility index (Phi) is 11.5. The lowest BCUT2D eigenvalue weighted by atomic mass is 9.87. The van der Waals surface area contributed by atoms with Gasteiger partial charge in [-0.3, -0.25) is 0 Å². The molecule has 4 aromatic rings. The molecule has 0 aliphatic heterocycles. The predicted molar refractivity (Wildman–Crippen MR) is 159 cm³/mol. The van der Waals surface area contributed by atoms with Gasteiger partial charge in [-0.1, -0.05) is 58.9 Å². The molecule has 0 unspecified atom stereocenters. The van der Waals surface area contributed by atoms with Crippen LogP contribution in [0.25, 0.3) is 11.6 Å². The first kappa shape index (κ1) is 30.6. The van der Waals surface area contributed by atoms with Gasteiger partial charge < -0.3 is 23.7 Å². The maximum Gasteiger partial charge on any atom is 0.263 e. The third-order valence-corrected chi connectivity index (χ3v) is 6.20. The van der Waals surface area contributed by atoms with E-state index in [1.54, 1.807) is 38.7 Å². The highest BCUT2D eigenvalue weighted by molar-refractivity contribution is 8.00. The minimum Gasteiger partial charge on any atom is -0.493 e. The fourth-order valence-electron chi connectivity index (χ4n) is 3.37. The smallest absolute Gasteiger partial charge is 0.263 e. The average Bonchev–Trinajstić information content (AvgIpc) is 2.98. The highest BCUT2D eigenvalue weighted by atomic mass is 32.2. The summed E-state index contributed by atoms with van der Waals surface area (Å²) < 4.78 is 26.3. The highest BCUT2D eigenvalue weighted by Crippen LogP contribution is 2.42. The lowest BCUT2D eigenvalue weighted by Crippen LogP contribution is -2.10. The van der Waals surface area contributed by atoms with E-state index in [9.17, 15) is 0 Å². The van der Waals surface area contributed by atoms with Crippen molar-refractivity contribution in [3.8, 4) is 34.8 Å². The van der Waals surface area contributed by atoms with Gasteiger partial charge in [-0.15, -0.1) is 0 Å². The molecule has 0 spiro atoms. The number of rotatable bonds is 11. The number of benzene rings is 2. The number of nitrogens with zero attached hydrogens (tertiary/aromatic N) is 4. The molecule has 10 heteroatoms. The van der Waals surface area contributed by atoms with Crippen LogP contribution in [-0.4, -0.2) is 47.4 Å². The Morgan fingerprint density at radius 2 is 1.48 bits per heavy atom. The van der Waals surface area contributed by atoms with E-state index in [4.69, 9.17) is 23.9 Å². The second kappa shape index (κ2) is 15.0. The van der Waals surface area contributed by atoms with Crippen molar-refractivity contribution in [2.24, 2.45) is 0 Å². The maximum atomic E-state index is 6.30. The van der Waals surface area contributed by atoms with Gasteiger partial charge in [0.15, 0.2) is 23.1 Å². The molecule has 0 aliphatic rings. The first-order valence-corrected chi connectivity index (χ1v) is 13.9. The summed E-state index contributed by atoms with van der Waals surface area (Å²) in [4.78, 5) is 18.9. The van der Waals surface area contributed by atoms with Crippen molar-refractivity contribution in [1.29, 1.82) is 0 Å². The molecule has 2 aromatic carbocycles. The third-order valence-electron chi connectivity index (χ3n) is 5.39. The topological polar surface area (TPSA) is 101 Å². The zero-order valence-electron chi connectivity index (χ0n) is 24.1. The van der Waals surface area contributed by atoms with Crippen LogP contribution in [0, 0.1) is 0 Å². The van der Waals surface area contributed by atoms with Gasteiger partial charge in [0.2, 0.25) is 11.6 Å². The lowest BCUT2D eigenvalue weighted by Gasteiger charge is -2.19. The number of hydrogen-bond donors (Lipinski definition) is 1. The molecule has 212 valence electrons. The van der Waals surface area contributed by atoms with Crippen LogP contribution in [-0.2, 0) is 10.2 Å². The van der Waals surface area contributed by atoms with Crippen LogP contribution in [0.4, 0.5) is 5.82 Å². The van der Waals surface area contributed by atoms with Crippen LogP contribution in [0.5, 0.6) is 23.1 Å². The predicted octanol–water partition coefficient (Wildman–Crippen LogP) is 7.20. The van der Waals surface area contributed by atoms with Crippen molar-refractivity contribution < 1.29 is 18.9 Å². The molecule has 0 aliphatic carbocycles. The van der Waals surface area contributed by atoms with Crippen LogP contribution >= 0.6 is 11.9 Å². The molecule has 0 fully saturated rings. The number of nitrogens with one attached hydrogen (secondary N) is 1. The molecule has 0 saturated heterocycles. The van der Waals surface area contributed by atoms with Gasteiger partial charge in [0, 0.05) is 24.4 Å². The van der Waals surface area contributed by atoms with Crippen molar-refractivity contribution in [1.82, 2.24) is 19.9 Å².